The Morgan fingerprint density at radius 1 is 1.21 bits per heavy atom. The minimum atomic E-state index is -0.320. The lowest BCUT2D eigenvalue weighted by atomic mass is 9.89. The summed E-state index contributed by atoms with van der Waals surface area (Å²) in [4.78, 5) is 17.7. The number of halogens is 1. The molecule has 1 aromatic heterocycles. The van der Waals surface area contributed by atoms with Crippen LogP contribution in [0.4, 0.5) is 10.1 Å². The number of likely N-dealkylation sites (tertiary alicyclic amines) is 1. The van der Waals surface area contributed by atoms with E-state index in [1.54, 1.807) is 12.1 Å². The van der Waals surface area contributed by atoms with Crippen molar-refractivity contribution in [2.75, 3.05) is 25.0 Å². The van der Waals surface area contributed by atoms with Gasteiger partial charge in [0.2, 0.25) is 5.91 Å². The van der Waals surface area contributed by atoms with Gasteiger partial charge in [-0.2, -0.15) is 5.26 Å². The largest absolute Gasteiger partial charge is 0.361 e. The third-order valence-corrected chi connectivity index (χ3v) is 5.37. The first-order valence-electron chi connectivity index (χ1n) is 9.41. The molecule has 0 atom stereocenters. The molecule has 0 bridgehead atoms. The minimum Gasteiger partial charge on any atom is -0.361 e. The van der Waals surface area contributed by atoms with Gasteiger partial charge in [-0.25, -0.2) is 4.39 Å². The fourth-order valence-corrected chi connectivity index (χ4v) is 3.89. The number of hydrogen-bond donors (Lipinski definition) is 2. The fourth-order valence-electron chi connectivity index (χ4n) is 3.89. The number of piperidine rings is 1. The molecule has 1 aliphatic rings. The first kappa shape index (κ1) is 18.2. The van der Waals surface area contributed by atoms with E-state index in [-0.39, 0.29) is 11.7 Å². The maximum Gasteiger partial charge on any atom is 0.238 e. The fraction of sp³-hybridized carbons (Fsp3) is 0.273. The van der Waals surface area contributed by atoms with Crippen molar-refractivity contribution in [2.24, 2.45) is 0 Å². The minimum absolute atomic E-state index is 0.0872. The van der Waals surface area contributed by atoms with Crippen molar-refractivity contribution in [2.45, 2.75) is 18.8 Å². The van der Waals surface area contributed by atoms with Crippen molar-refractivity contribution in [3.63, 3.8) is 0 Å². The number of carbonyl (C=O) groups excluding carboxylic acids is 1. The molecule has 0 aliphatic carbocycles. The second kappa shape index (κ2) is 7.83. The molecule has 3 aromatic rings. The van der Waals surface area contributed by atoms with Gasteiger partial charge in [-0.15, -0.1) is 0 Å². The van der Waals surface area contributed by atoms with E-state index in [0.717, 1.165) is 36.8 Å². The van der Waals surface area contributed by atoms with Gasteiger partial charge in [0, 0.05) is 22.8 Å². The van der Waals surface area contributed by atoms with Crippen LogP contribution in [-0.2, 0) is 4.79 Å². The van der Waals surface area contributed by atoms with Gasteiger partial charge in [0.05, 0.1) is 18.2 Å². The van der Waals surface area contributed by atoms with Crippen molar-refractivity contribution in [3.8, 4) is 6.07 Å². The molecule has 0 spiro atoms. The molecule has 4 rings (SSSR count). The summed E-state index contributed by atoms with van der Waals surface area (Å²) in [7, 11) is 0. The van der Waals surface area contributed by atoms with Crippen molar-refractivity contribution >= 4 is 22.5 Å². The molecule has 2 N–H and O–H groups in total. The number of rotatable bonds is 4. The Kier molecular flexibility index (Phi) is 5.09. The lowest BCUT2D eigenvalue weighted by Gasteiger charge is -2.31. The predicted octanol–water partition coefficient (Wildman–Crippen LogP) is 4.00. The van der Waals surface area contributed by atoms with Crippen LogP contribution >= 0.6 is 0 Å². The van der Waals surface area contributed by atoms with E-state index in [0.29, 0.717) is 23.7 Å². The van der Waals surface area contributed by atoms with Gasteiger partial charge in [-0.05, 0) is 79.9 Å². The number of nitrogens with one attached hydrogen (secondary N) is 2. The molecular formula is C22H21FN4O. The number of nitrogens with zero attached hydrogens (tertiary/aromatic N) is 2. The quantitative estimate of drug-likeness (QED) is 0.723. The third-order valence-electron chi connectivity index (χ3n) is 5.37. The summed E-state index contributed by atoms with van der Waals surface area (Å²) in [5, 5.41) is 13.1. The molecule has 1 aliphatic heterocycles. The summed E-state index contributed by atoms with van der Waals surface area (Å²) in [6, 6.07) is 13.7. The third kappa shape index (κ3) is 3.90. The highest BCUT2D eigenvalue weighted by Gasteiger charge is 2.24. The second-order valence-electron chi connectivity index (χ2n) is 7.22. The number of amides is 1. The number of aromatic amines is 1. The molecule has 6 heteroatoms. The molecule has 0 unspecified atom stereocenters. The van der Waals surface area contributed by atoms with E-state index in [1.165, 1.54) is 17.7 Å². The van der Waals surface area contributed by atoms with Gasteiger partial charge in [-0.3, -0.25) is 9.69 Å². The lowest BCUT2D eigenvalue weighted by molar-refractivity contribution is -0.117. The molecule has 142 valence electrons. The molecule has 5 nitrogen and oxygen atoms in total. The number of hydrogen-bond acceptors (Lipinski definition) is 3. The molecule has 2 aromatic carbocycles. The summed E-state index contributed by atoms with van der Waals surface area (Å²) >= 11 is 0. The van der Waals surface area contributed by atoms with Crippen molar-refractivity contribution in [1.82, 2.24) is 9.88 Å². The molecular weight excluding hydrogens is 355 g/mol. The predicted molar refractivity (Wildman–Crippen MR) is 106 cm³/mol. The molecule has 2 heterocycles. The Labute approximate surface area is 162 Å². The number of anilines is 1. The number of benzene rings is 2. The Morgan fingerprint density at radius 2 is 1.96 bits per heavy atom. The highest BCUT2D eigenvalue weighted by Crippen LogP contribution is 2.33. The second-order valence-corrected chi connectivity index (χ2v) is 7.22. The van der Waals surface area contributed by atoms with Crippen LogP contribution in [0.25, 0.3) is 10.9 Å². The normalized spacial score (nSPS) is 15.4. The van der Waals surface area contributed by atoms with E-state index >= 15 is 0 Å². The average Bonchev–Trinajstić information content (AvgIpc) is 3.13. The first-order chi connectivity index (χ1) is 13.6. The van der Waals surface area contributed by atoms with E-state index in [4.69, 9.17) is 5.26 Å². The molecule has 0 radical (unpaired) electrons. The summed E-state index contributed by atoms with van der Waals surface area (Å²) in [5.41, 5.74) is 3.58. The topological polar surface area (TPSA) is 71.9 Å². The van der Waals surface area contributed by atoms with E-state index in [1.807, 2.05) is 24.4 Å². The number of nitriles is 1. The number of aromatic nitrogens is 1. The Hall–Kier alpha value is -3.17. The summed E-state index contributed by atoms with van der Waals surface area (Å²) in [6.45, 7) is 2.01. The average molecular weight is 376 g/mol. The monoisotopic (exact) mass is 376 g/mol. The van der Waals surface area contributed by atoms with Gasteiger partial charge in [-0.1, -0.05) is 0 Å². The number of carbonyl (C=O) groups is 1. The summed E-state index contributed by atoms with van der Waals surface area (Å²) in [5.74, 6) is 0.00848. The highest BCUT2D eigenvalue weighted by atomic mass is 19.1. The van der Waals surface area contributed by atoms with Crippen LogP contribution in [0, 0.1) is 17.1 Å². The van der Waals surface area contributed by atoms with Crippen molar-refractivity contribution in [1.29, 1.82) is 5.26 Å². The smallest absolute Gasteiger partial charge is 0.238 e. The van der Waals surface area contributed by atoms with Crippen molar-refractivity contribution in [3.05, 3.63) is 65.6 Å². The van der Waals surface area contributed by atoms with E-state index in [9.17, 15) is 9.18 Å². The molecule has 1 saturated heterocycles. The zero-order valence-electron chi connectivity index (χ0n) is 15.4. The standard InChI is InChI=1S/C22H21FN4O/c23-17-2-4-18(5-3-17)26-22(28)14-27-9-7-16(8-10-27)20-13-25-21-6-1-15(12-24)11-19(20)21/h1-6,11,13,16,25H,7-10,14H2,(H,26,28). The summed E-state index contributed by atoms with van der Waals surface area (Å²) in [6.07, 6.45) is 3.98. The SMILES string of the molecule is N#Cc1ccc2[nH]cc(C3CCN(CC(=O)Nc4ccc(F)cc4)CC3)c2c1. The van der Waals surface area contributed by atoms with Crippen LogP contribution in [0.2, 0.25) is 0 Å². The highest BCUT2D eigenvalue weighted by molar-refractivity contribution is 5.92. The Bertz CT molecular complexity index is 1030. The van der Waals surface area contributed by atoms with Crippen LogP contribution in [0.1, 0.15) is 29.9 Å². The first-order valence-corrected chi connectivity index (χ1v) is 9.41. The molecule has 1 amide bonds. The van der Waals surface area contributed by atoms with E-state index in [2.05, 4.69) is 21.3 Å². The van der Waals surface area contributed by atoms with Gasteiger partial charge in [0.15, 0.2) is 0 Å². The lowest BCUT2D eigenvalue weighted by Crippen LogP contribution is -2.38. The zero-order chi connectivity index (χ0) is 19.5. The van der Waals surface area contributed by atoms with Gasteiger partial charge < -0.3 is 10.3 Å². The Balaban J connectivity index is 1.35. The van der Waals surface area contributed by atoms with Crippen molar-refractivity contribution < 1.29 is 9.18 Å². The zero-order valence-corrected chi connectivity index (χ0v) is 15.4. The number of H-pyrrole nitrogens is 1. The molecule has 0 saturated carbocycles. The van der Waals surface area contributed by atoms with Gasteiger partial charge >= 0.3 is 0 Å². The van der Waals surface area contributed by atoms with Crippen LogP contribution in [0.3, 0.4) is 0 Å². The van der Waals surface area contributed by atoms with Crippen LogP contribution in [0.5, 0.6) is 0 Å². The molecule has 1 fully saturated rings. The maximum atomic E-state index is 13.0. The van der Waals surface area contributed by atoms with Gasteiger partial charge in [0.25, 0.3) is 0 Å². The summed E-state index contributed by atoms with van der Waals surface area (Å²) < 4.78 is 13.0. The molecule has 28 heavy (non-hydrogen) atoms. The number of fused-ring (bicyclic) bond motifs is 1. The Morgan fingerprint density at radius 3 is 2.68 bits per heavy atom. The van der Waals surface area contributed by atoms with Crippen LogP contribution in [-0.4, -0.2) is 35.4 Å². The maximum absolute atomic E-state index is 13.0. The van der Waals surface area contributed by atoms with E-state index < -0.39 is 0 Å². The van der Waals surface area contributed by atoms with Gasteiger partial charge in [0.1, 0.15) is 5.82 Å². The van der Waals surface area contributed by atoms with Crippen LogP contribution < -0.4 is 5.32 Å². The van der Waals surface area contributed by atoms with Crippen LogP contribution in [0.15, 0.2) is 48.7 Å².